The Morgan fingerprint density at radius 2 is 1.86 bits per heavy atom. The molecule has 2 aromatic rings. The average Bonchev–Trinajstić information content (AvgIpc) is 3.13. The van der Waals surface area contributed by atoms with Crippen molar-refractivity contribution in [3.63, 3.8) is 0 Å². The molecule has 0 saturated carbocycles. The number of carbonyl (C=O) groups is 2. The second-order valence-corrected chi connectivity index (χ2v) is 7.93. The average molecular weight is 399 g/mol. The Bertz CT molecular complexity index is 882. The van der Waals surface area contributed by atoms with Crippen molar-refractivity contribution in [1.82, 2.24) is 24.7 Å². The summed E-state index contributed by atoms with van der Waals surface area (Å²) in [5, 5.41) is 6.76. The van der Waals surface area contributed by atoms with Crippen LogP contribution >= 0.6 is 0 Å². The van der Waals surface area contributed by atoms with Crippen molar-refractivity contribution in [1.29, 1.82) is 0 Å². The zero-order chi connectivity index (χ0) is 20.4. The standard InChI is InChI=1S/C21H30N6O2/c1-3-17(4-2)25-11-9-24(10-12-25)15-16-5-8-27-18(13-16)19(14-22-27)26-7-6-20(28)23-21(26)29/h5,8,13-14,17H,3-4,6-7,9-12,15H2,1-2H3,(H,23,28,29). The van der Waals surface area contributed by atoms with Crippen molar-refractivity contribution in [2.45, 2.75) is 45.7 Å². The first-order valence-electron chi connectivity index (χ1n) is 10.6. The lowest BCUT2D eigenvalue weighted by molar-refractivity contribution is -0.120. The first kappa shape index (κ1) is 19.8. The molecule has 0 bridgehead atoms. The molecule has 0 spiro atoms. The Kier molecular flexibility index (Phi) is 5.82. The van der Waals surface area contributed by atoms with Crippen molar-refractivity contribution < 1.29 is 9.59 Å². The molecule has 4 heterocycles. The van der Waals surface area contributed by atoms with Crippen LogP contribution in [0.1, 0.15) is 38.7 Å². The number of piperazine rings is 1. The summed E-state index contributed by atoms with van der Waals surface area (Å²) in [6.07, 6.45) is 6.38. The van der Waals surface area contributed by atoms with Gasteiger partial charge in [-0.05, 0) is 30.5 Å². The molecule has 2 fully saturated rings. The molecular weight excluding hydrogens is 368 g/mol. The molecule has 2 aromatic heterocycles. The number of pyridine rings is 1. The number of amides is 3. The molecule has 2 saturated heterocycles. The molecule has 8 heteroatoms. The van der Waals surface area contributed by atoms with Gasteiger partial charge in [-0.1, -0.05) is 13.8 Å². The van der Waals surface area contributed by atoms with Gasteiger partial charge in [0.15, 0.2) is 0 Å². The predicted molar refractivity (Wildman–Crippen MR) is 112 cm³/mol. The van der Waals surface area contributed by atoms with Crippen LogP contribution in [0.4, 0.5) is 10.5 Å². The Hall–Kier alpha value is -2.45. The number of carbonyl (C=O) groups excluding carboxylic acids is 2. The third-order valence-electron chi connectivity index (χ3n) is 6.18. The van der Waals surface area contributed by atoms with Gasteiger partial charge in [0.1, 0.15) is 0 Å². The van der Waals surface area contributed by atoms with Crippen LogP contribution in [0, 0.1) is 0 Å². The molecule has 1 N–H and O–H groups in total. The van der Waals surface area contributed by atoms with Crippen LogP contribution in [0.5, 0.6) is 0 Å². The molecule has 3 amide bonds. The van der Waals surface area contributed by atoms with Crippen molar-refractivity contribution >= 4 is 23.1 Å². The monoisotopic (exact) mass is 398 g/mol. The van der Waals surface area contributed by atoms with Gasteiger partial charge in [-0.3, -0.25) is 24.8 Å². The van der Waals surface area contributed by atoms with Crippen LogP contribution in [0.15, 0.2) is 24.5 Å². The van der Waals surface area contributed by atoms with Gasteiger partial charge in [0, 0.05) is 57.9 Å². The van der Waals surface area contributed by atoms with E-state index in [4.69, 9.17) is 0 Å². The van der Waals surface area contributed by atoms with Crippen LogP contribution in [-0.4, -0.2) is 70.1 Å². The number of fused-ring (bicyclic) bond motifs is 1. The Labute approximate surface area is 171 Å². The number of nitrogens with one attached hydrogen (secondary N) is 1. The molecule has 0 aliphatic carbocycles. The Morgan fingerprint density at radius 3 is 2.55 bits per heavy atom. The smallest absolute Gasteiger partial charge is 0.298 e. The van der Waals surface area contributed by atoms with Crippen molar-refractivity contribution in [2.75, 3.05) is 37.6 Å². The molecular formula is C21H30N6O2. The van der Waals surface area contributed by atoms with E-state index in [2.05, 4.69) is 46.2 Å². The number of rotatable bonds is 6. The summed E-state index contributed by atoms with van der Waals surface area (Å²) in [6.45, 7) is 10.2. The number of hydrogen-bond donors (Lipinski definition) is 1. The van der Waals surface area contributed by atoms with Gasteiger partial charge in [-0.15, -0.1) is 0 Å². The van der Waals surface area contributed by atoms with Gasteiger partial charge in [0.25, 0.3) is 0 Å². The summed E-state index contributed by atoms with van der Waals surface area (Å²) in [6, 6.07) is 4.53. The lowest BCUT2D eigenvalue weighted by Gasteiger charge is -2.38. The predicted octanol–water partition coefficient (Wildman–Crippen LogP) is 2.09. The molecule has 29 heavy (non-hydrogen) atoms. The van der Waals surface area contributed by atoms with Crippen LogP contribution in [0.25, 0.3) is 5.52 Å². The van der Waals surface area contributed by atoms with Gasteiger partial charge < -0.3 is 0 Å². The minimum atomic E-state index is -0.376. The molecule has 2 aliphatic heterocycles. The maximum absolute atomic E-state index is 12.2. The fraction of sp³-hybridized carbons (Fsp3) is 0.571. The molecule has 4 rings (SSSR count). The van der Waals surface area contributed by atoms with Gasteiger partial charge in [0.2, 0.25) is 5.91 Å². The number of aromatic nitrogens is 2. The van der Waals surface area contributed by atoms with Crippen LogP contribution in [-0.2, 0) is 11.3 Å². The van der Waals surface area contributed by atoms with E-state index in [0.29, 0.717) is 19.0 Å². The third-order valence-corrected chi connectivity index (χ3v) is 6.18. The second-order valence-electron chi connectivity index (χ2n) is 7.93. The molecule has 156 valence electrons. The summed E-state index contributed by atoms with van der Waals surface area (Å²) < 4.78 is 1.79. The quantitative estimate of drug-likeness (QED) is 0.807. The SMILES string of the molecule is CCC(CC)N1CCN(Cc2ccn3ncc(N4CCC(=O)NC4=O)c3c2)CC1. The molecule has 2 aliphatic rings. The molecule has 0 atom stereocenters. The largest absolute Gasteiger partial charge is 0.328 e. The zero-order valence-corrected chi connectivity index (χ0v) is 17.3. The fourth-order valence-corrected chi connectivity index (χ4v) is 4.46. The van der Waals surface area contributed by atoms with Crippen LogP contribution in [0.2, 0.25) is 0 Å². The summed E-state index contributed by atoms with van der Waals surface area (Å²) in [7, 11) is 0. The normalized spacial score (nSPS) is 19.3. The summed E-state index contributed by atoms with van der Waals surface area (Å²) in [5.41, 5.74) is 2.85. The second kappa shape index (κ2) is 8.51. The highest BCUT2D eigenvalue weighted by Gasteiger charge is 2.27. The van der Waals surface area contributed by atoms with Crippen LogP contribution in [0.3, 0.4) is 0 Å². The van der Waals surface area contributed by atoms with E-state index in [-0.39, 0.29) is 11.9 Å². The third kappa shape index (κ3) is 4.13. The Balaban J connectivity index is 1.46. The van der Waals surface area contributed by atoms with Crippen molar-refractivity contribution in [2.24, 2.45) is 0 Å². The van der Waals surface area contributed by atoms with Crippen molar-refractivity contribution in [3.8, 4) is 0 Å². The molecule has 8 nitrogen and oxygen atoms in total. The molecule has 0 unspecified atom stereocenters. The fourth-order valence-electron chi connectivity index (χ4n) is 4.46. The minimum Gasteiger partial charge on any atom is -0.298 e. The number of urea groups is 1. The van der Waals surface area contributed by atoms with Gasteiger partial charge in [-0.2, -0.15) is 5.10 Å². The first-order chi connectivity index (χ1) is 14.1. The van der Waals surface area contributed by atoms with E-state index in [9.17, 15) is 9.59 Å². The molecule has 0 aromatic carbocycles. The Morgan fingerprint density at radius 1 is 1.10 bits per heavy atom. The highest BCUT2D eigenvalue weighted by molar-refractivity contribution is 6.07. The summed E-state index contributed by atoms with van der Waals surface area (Å²) in [4.78, 5) is 30.4. The number of nitrogens with zero attached hydrogens (tertiary/aromatic N) is 5. The van der Waals surface area contributed by atoms with E-state index in [0.717, 1.165) is 43.9 Å². The molecule has 0 radical (unpaired) electrons. The summed E-state index contributed by atoms with van der Waals surface area (Å²) >= 11 is 0. The maximum Gasteiger partial charge on any atom is 0.328 e. The van der Waals surface area contributed by atoms with Gasteiger partial charge in [-0.25, -0.2) is 9.31 Å². The number of anilines is 1. The first-order valence-corrected chi connectivity index (χ1v) is 10.6. The van der Waals surface area contributed by atoms with Crippen LogP contribution < -0.4 is 10.2 Å². The minimum absolute atomic E-state index is 0.226. The lowest BCUT2D eigenvalue weighted by atomic mass is 10.1. The van der Waals surface area contributed by atoms with Crippen molar-refractivity contribution in [3.05, 3.63) is 30.1 Å². The topological polar surface area (TPSA) is 73.2 Å². The lowest BCUT2D eigenvalue weighted by Crippen LogP contribution is -2.49. The zero-order valence-electron chi connectivity index (χ0n) is 17.3. The van der Waals surface area contributed by atoms with E-state index in [1.165, 1.54) is 18.4 Å². The van der Waals surface area contributed by atoms with E-state index in [1.54, 1.807) is 15.6 Å². The van der Waals surface area contributed by atoms with Gasteiger partial charge in [0.05, 0.1) is 17.4 Å². The highest BCUT2D eigenvalue weighted by atomic mass is 16.2. The van der Waals surface area contributed by atoms with E-state index < -0.39 is 0 Å². The van der Waals surface area contributed by atoms with E-state index >= 15 is 0 Å². The number of imide groups is 1. The number of hydrogen-bond acceptors (Lipinski definition) is 5. The maximum atomic E-state index is 12.2. The van der Waals surface area contributed by atoms with Gasteiger partial charge >= 0.3 is 6.03 Å². The summed E-state index contributed by atoms with van der Waals surface area (Å²) in [5.74, 6) is -0.226. The van der Waals surface area contributed by atoms with E-state index in [1.807, 2.05) is 6.20 Å². The highest BCUT2D eigenvalue weighted by Crippen LogP contribution is 2.25.